The smallest absolute Gasteiger partial charge is 0.224 e. The maximum absolute atomic E-state index is 12.4. The van der Waals surface area contributed by atoms with E-state index in [2.05, 4.69) is 5.32 Å². The Morgan fingerprint density at radius 1 is 1.20 bits per heavy atom. The number of methoxy groups -OCH3 is 1. The molecule has 0 saturated carbocycles. The van der Waals surface area contributed by atoms with Crippen LogP contribution >= 0.6 is 0 Å². The summed E-state index contributed by atoms with van der Waals surface area (Å²) in [6, 6.07) is 11.1. The molecule has 2 amide bonds. The number of carbonyl (C=O) groups is 2. The van der Waals surface area contributed by atoms with Crippen molar-refractivity contribution in [2.75, 3.05) is 32.1 Å². The van der Waals surface area contributed by atoms with E-state index >= 15 is 0 Å². The molecule has 1 atom stereocenters. The minimum absolute atomic E-state index is 0.111. The number of anilines is 1. The topological polar surface area (TPSA) is 80.8 Å². The molecular weight excluding hydrogens is 382 g/mol. The molecule has 1 aliphatic heterocycles. The van der Waals surface area contributed by atoms with E-state index in [1.54, 1.807) is 19.2 Å². The average Bonchev–Trinajstić information content (AvgIpc) is 2.73. The van der Waals surface area contributed by atoms with Gasteiger partial charge in [-0.2, -0.15) is 0 Å². The van der Waals surface area contributed by atoms with E-state index in [4.69, 9.17) is 14.5 Å². The van der Waals surface area contributed by atoms with Crippen LogP contribution in [0.3, 0.4) is 0 Å². The summed E-state index contributed by atoms with van der Waals surface area (Å²) in [6.07, 6.45) is 2.36. The number of benzene rings is 1. The van der Waals surface area contributed by atoms with Gasteiger partial charge in [-0.1, -0.05) is 0 Å². The Balaban J connectivity index is 1.70. The number of nitrogens with one attached hydrogen (secondary N) is 1. The second kappa shape index (κ2) is 10.2. The molecule has 0 aliphatic carbocycles. The summed E-state index contributed by atoms with van der Waals surface area (Å²) in [6.45, 7) is 5.32. The standard InChI is InChI=1S/C23H29N3O4/c1-16-13-21(30-20-8-6-19(7-9-20)25-17(2)27)14-22(24-16)18-5-4-11-26(15-18)23(28)10-12-29-3/h6-9,13-14,18H,4-5,10-12,15H2,1-3H3,(H,25,27)/t18-/m1/s1. The lowest BCUT2D eigenvalue weighted by Gasteiger charge is -2.32. The van der Waals surface area contributed by atoms with Gasteiger partial charge in [-0.05, 0) is 44.0 Å². The molecule has 1 aromatic heterocycles. The summed E-state index contributed by atoms with van der Waals surface area (Å²) in [7, 11) is 1.61. The van der Waals surface area contributed by atoms with E-state index in [9.17, 15) is 9.59 Å². The van der Waals surface area contributed by atoms with Gasteiger partial charge in [0.1, 0.15) is 11.5 Å². The number of carbonyl (C=O) groups excluding carboxylic acids is 2. The lowest BCUT2D eigenvalue weighted by Crippen LogP contribution is -2.39. The summed E-state index contributed by atoms with van der Waals surface area (Å²) < 4.78 is 11.1. The molecule has 1 aliphatic rings. The normalized spacial score (nSPS) is 16.2. The number of piperidine rings is 1. The fourth-order valence-corrected chi connectivity index (χ4v) is 3.67. The molecule has 0 unspecified atom stereocenters. The van der Waals surface area contributed by atoms with E-state index in [1.165, 1.54) is 6.92 Å². The minimum atomic E-state index is -0.111. The second-order valence-electron chi connectivity index (χ2n) is 7.60. The quantitative estimate of drug-likeness (QED) is 0.748. The molecule has 3 rings (SSSR count). The lowest BCUT2D eigenvalue weighted by molar-refractivity contribution is -0.133. The van der Waals surface area contributed by atoms with Gasteiger partial charge in [0, 0.05) is 62.2 Å². The van der Waals surface area contributed by atoms with Gasteiger partial charge >= 0.3 is 0 Å². The van der Waals surface area contributed by atoms with Crippen LogP contribution in [0.5, 0.6) is 11.5 Å². The number of nitrogens with zero attached hydrogens (tertiary/aromatic N) is 2. The van der Waals surface area contributed by atoms with Crippen molar-refractivity contribution in [1.82, 2.24) is 9.88 Å². The minimum Gasteiger partial charge on any atom is -0.457 e. The van der Waals surface area contributed by atoms with Gasteiger partial charge in [0.05, 0.1) is 13.0 Å². The summed E-state index contributed by atoms with van der Waals surface area (Å²) in [5.41, 5.74) is 2.55. The van der Waals surface area contributed by atoms with E-state index in [-0.39, 0.29) is 17.7 Å². The lowest BCUT2D eigenvalue weighted by atomic mass is 9.93. The van der Waals surface area contributed by atoms with Crippen LogP contribution in [-0.4, -0.2) is 48.5 Å². The Morgan fingerprint density at radius 3 is 2.67 bits per heavy atom. The Bertz CT molecular complexity index is 883. The summed E-state index contributed by atoms with van der Waals surface area (Å²) in [4.78, 5) is 30.2. The van der Waals surface area contributed by atoms with Gasteiger partial charge in [0.2, 0.25) is 11.8 Å². The number of hydrogen-bond donors (Lipinski definition) is 1. The summed E-state index contributed by atoms with van der Waals surface area (Å²) in [5, 5.41) is 2.74. The van der Waals surface area contributed by atoms with Crippen LogP contribution in [-0.2, 0) is 14.3 Å². The van der Waals surface area contributed by atoms with Crippen molar-refractivity contribution < 1.29 is 19.1 Å². The fraction of sp³-hybridized carbons (Fsp3) is 0.435. The molecule has 0 spiro atoms. The highest BCUT2D eigenvalue weighted by Crippen LogP contribution is 2.31. The maximum Gasteiger partial charge on any atom is 0.224 e. The van der Waals surface area contributed by atoms with Crippen molar-refractivity contribution in [3.63, 3.8) is 0 Å². The van der Waals surface area contributed by atoms with Crippen LogP contribution in [0, 0.1) is 6.92 Å². The van der Waals surface area contributed by atoms with E-state index < -0.39 is 0 Å². The van der Waals surface area contributed by atoms with Gasteiger partial charge < -0.3 is 19.7 Å². The highest BCUT2D eigenvalue weighted by Gasteiger charge is 2.26. The molecule has 160 valence electrons. The Labute approximate surface area is 177 Å². The molecule has 2 aromatic rings. The fourth-order valence-electron chi connectivity index (χ4n) is 3.67. The first-order valence-corrected chi connectivity index (χ1v) is 10.3. The van der Waals surface area contributed by atoms with Crippen molar-refractivity contribution in [2.24, 2.45) is 0 Å². The highest BCUT2D eigenvalue weighted by atomic mass is 16.5. The van der Waals surface area contributed by atoms with Gasteiger partial charge in [-0.15, -0.1) is 0 Å². The number of aromatic nitrogens is 1. The molecule has 0 radical (unpaired) electrons. The Morgan fingerprint density at radius 2 is 1.97 bits per heavy atom. The van der Waals surface area contributed by atoms with Gasteiger partial charge in [0.25, 0.3) is 0 Å². The number of hydrogen-bond acceptors (Lipinski definition) is 5. The molecule has 1 aromatic carbocycles. The molecule has 1 saturated heterocycles. The van der Waals surface area contributed by atoms with E-state index in [1.807, 2.05) is 36.1 Å². The number of amides is 2. The SMILES string of the molecule is COCCC(=O)N1CCC[C@@H](c2cc(Oc3ccc(NC(C)=O)cc3)cc(C)n2)C1. The van der Waals surface area contributed by atoms with Crippen LogP contribution in [0.25, 0.3) is 0 Å². The molecule has 1 N–H and O–H groups in total. The summed E-state index contributed by atoms with van der Waals surface area (Å²) in [5.74, 6) is 1.60. The molecular formula is C23H29N3O4. The molecule has 7 heteroatoms. The first-order valence-electron chi connectivity index (χ1n) is 10.3. The van der Waals surface area contributed by atoms with Crippen molar-refractivity contribution in [3.05, 3.63) is 47.8 Å². The monoisotopic (exact) mass is 411 g/mol. The zero-order valence-electron chi connectivity index (χ0n) is 17.8. The van der Waals surface area contributed by atoms with Crippen molar-refractivity contribution in [2.45, 2.75) is 39.0 Å². The molecule has 7 nitrogen and oxygen atoms in total. The zero-order chi connectivity index (χ0) is 21.5. The Kier molecular flexibility index (Phi) is 7.41. The Hall–Kier alpha value is -2.93. The van der Waals surface area contributed by atoms with Crippen LogP contribution in [0.1, 0.15) is 43.5 Å². The van der Waals surface area contributed by atoms with Crippen molar-refractivity contribution in [1.29, 1.82) is 0 Å². The second-order valence-corrected chi connectivity index (χ2v) is 7.60. The third-order valence-electron chi connectivity index (χ3n) is 5.07. The van der Waals surface area contributed by atoms with Crippen LogP contribution in [0.2, 0.25) is 0 Å². The van der Waals surface area contributed by atoms with Crippen LogP contribution in [0.15, 0.2) is 36.4 Å². The predicted octanol–water partition coefficient (Wildman–Crippen LogP) is 3.88. The largest absolute Gasteiger partial charge is 0.457 e. The first kappa shape index (κ1) is 21.8. The zero-order valence-corrected chi connectivity index (χ0v) is 17.8. The van der Waals surface area contributed by atoms with E-state index in [0.717, 1.165) is 36.5 Å². The van der Waals surface area contributed by atoms with Crippen molar-refractivity contribution >= 4 is 17.5 Å². The maximum atomic E-state index is 12.4. The number of ether oxygens (including phenoxy) is 2. The third kappa shape index (κ3) is 6.03. The number of likely N-dealkylation sites (tertiary alicyclic amines) is 1. The van der Waals surface area contributed by atoms with Crippen molar-refractivity contribution in [3.8, 4) is 11.5 Å². The van der Waals surface area contributed by atoms with Gasteiger partial charge in [0.15, 0.2) is 0 Å². The van der Waals surface area contributed by atoms with Gasteiger partial charge in [-0.25, -0.2) is 0 Å². The molecule has 1 fully saturated rings. The number of rotatable bonds is 7. The van der Waals surface area contributed by atoms with Gasteiger partial charge in [-0.3, -0.25) is 14.6 Å². The molecule has 0 bridgehead atoms. The summed E-state index contributed by atoms with van der Waals surface area (Å²) >= 11 is 0. The molecule has 30 heavy (non-hydrogen) atoms. The predicted molar refractivity (Wildman–Crippen MR) is 115 cm³/mol. The average molecular weight is 412 g/mol. The van der Waals surface area contributed by atoms with Crippen LogP contribution in [0.4, 0.5) is 5.69 Å². The first-order chi connectivity index (χ1) is 14.4. The van der Waals surface area contributed by atoms with Crippen LogP contribution < -0.4 is 10.1 Å². The number of pyridine rings is 1. The molecule has 2 heterocycles. The number of aryl methyl sites for hydroxylation is 1. The van der Waals surface area contributed by atoms with E-state index in [0.29, 0.717) is 31.1 Å². The third-order valence-corrected chi connectivity index (χ3v) is 5.07. The highest BCUT2D eigenvalue weighted by molar-refractivity contribution is 5.88.